The molecule has 18 heavy (non-hydrogen) atoms. The van der Waals surface area contributed by atoms with Gasteiger partial charge in [-0.3, -0.25) is 4.79 Å². The summed E-state index contributed by atoms with van der Waals surface area (Å²) in [6.45, 7) is 5.41. The first kappa shape index (κ1) is 16.4. The Bertz CT molecular complexity index is 347. The molecule has 0 radical (unpaired) electrons. The molecule has 0 fully saturated rings. The topological polar surface area (TPSA) is 86.6 Å². The van der Waals surface area contributed by atoms with Gasteiger partial charge in [0.2, 0.25) is 5.91 Å². The van der Waals surface area contributed by atoms with Crippen LogP contribution in [-0.4, -0.2) is 34.7 Å². The number of hydrogen-bond donors (Lipinski definition) is 3. The van der Waals surface area contributed by atoms with Crippen LogP contribution in [0, 0.1) is 5.92 Å². The first-order valence-electron chi connectivity index (χ1n) is 5.92. The van der Waals surface area contributed by atoms with Gasteiger partial charge in [0.15, 0.2) is 0 Å². The molecule has 0 aliphatic rings. The first-order chi connectivity index (χ1) is 8.42. The number of rotatable bonds is 7. The van der Waals surface area contributed by atoms with E-state index in [0.717, 1.165) is 12.5 Å². The zero-order valence-electron chi connectivity index (χ0n) is 11.0. The van der Waals surface area contributed by atoms with Crippen molar-refractivity contribution in [2.75, 3.05) is 6.61 Å². The highest BCUT2D eigenvalue weighted by Crippen LogP contribution is 2.08. The quantitative estimate of drug-likeness (QED) is 0.469. The summed E-state index contributed by atoms with van der Waals surface area (Å²) in [6.07, 6.45) is 4.53. The number of aliphatic hydroxyl groups is 1. The lowest BCUT2D eigenvalue weighted by molar-refractivity contribution is -0.131. The van der Waals surface area contributed by atoms with Crippen LogP contribution >= 0.6 is 0 Å². The van der Waals surface area contributed by atoms with Crippen LogP contribution in [0.25, 0.3) is 0 Å². The van der Waals surface area contributed by atoms with Gasteiger partial charge in [0, 0.05) is 11.6 Å². The molecule has 0 spiro atoms. The van der Waals surface area contributed by atoms with Gasteiger partial charge < -0.3 is 15.5 Å². The average molecular weight is 255 g/mol. The Morgan fingerprint density at radius 3 is 2.44 bits per heavy atom. The Balaban J connectivity index is 4.51. The van der Waals surface area contributed by atoms with E-state index in [9.17, 15) is 14.7 Å². The molecule has 0 bridgehead atoms. The van der Waals surface area contributed by atoms with E-state index in [1.54, 1.807) is 6.92 Å². The summed E-state index contributed by atoms with van der Waals surface area (Å²) in [5.74, 6) is -1.18. The molecule has 2 atom stereocenters. The van der Waals surface area contributed by atoms with Crippen molar-refractivity contribution in [1.82, 2.24) is 5.32 Å². The summed E-state index contributed by atoms with van der Waals surface area (Å²) in [7, 11) is 0. The van der Waals surface area contributed by atoms with Gasteiger partial charge in [0.25, 0.3) is 0 Å². The molecule has 102 valence electrons. The number of carboxylic acid groups (broad SMARTS) is 1. The molecule has 0 rings (SSSR count). The summed E-state index contributed by atoms with van der Waals surface area (Å²) >= 11 is 0. The summed E-state index contributed by atoms with van der Waals surface area (Å²) in [4.78, 5) is 22.0. The average Bonchev–Trinajstić information content (AvgIpc) is 2.33. The molecule has 1 amide bonds. The maximum Gasteiger partial charge on any atom is 0.328 e. The molecule has 0 aromatic heterocycles. The summed E-state index contributed by atoms with van der Waals surface area (Å²) in [6, 6.07) is -0.283. The number of carbonyl (C=O) groups excluding carboxylic acids is 1. The van der Waals surface area contributed by atoms with Gasteiger partial charge in [-0.15, -0.1) is 0 Å². The minimum atomic E-state index is -1.06. The molecule has 0 aliphatic heterocycles. The van der Waals surface area contributed by atoms with E-state index in [1.165, 1.54) is 12.2 Å². The van der Waals surface area contributed by atoms with Crippen LogP contribution in [-0.2, 0) is 9.59 Å². The highest BCUT2D eigenvalue weighted by atomic mass is 16.4. The molecule has 0 aliphatic carbocycles. The number of hydrogen-bond acceptors (Lipinski definition) is 3. The van der Waals surface area contributed by atoms with E-state index >= 15 is 0 Å². The van der Waals surface area contributed by atoms with E-state index in [4.69, 9.17) is 5.11 Å². The SMILES string of the molecule is CCC(C)C(CO)NC(=O)/C(C)=C/C=C/C(=O)O. The normalized spacial score (nSPS) is 15.4. The van der Waals surface area contributed by atoms with Crippen molar-refractivity contribution in [3.63, 3.8) is 0 Å². The first-order valence-corrected chi connectivity index (χ1v) is 5.92. The number of allylic oxidation sites excluding steroid dienone is 2. The number of carboxylic acids is 1. The Kier molecular flexibility index (Phi) is 7.71. The van der Waals surface area contributed by atoms with Crippen molar-refractivity contribution in [1.29, 1.82) is 0 Å². The predicted octanol–water partition coefficient (Wildman–Crippen LogP) is 1.10. The van der Waals surface area contributed by atoms with Crippen LogP contribution in [0.5, 0.6) is 0 Å². The summed E-state index contributed by atoms with van der Waals surface area (Å²) < 4.78 is 0. The van der Waals surface area contributed by atoms with Crippen LogP contribution in [0.2, 0.25) is 0 Å². The van der Waals surface area contributed by atoms with E-state index in [-0.39, 0.29) is 24.5 Å². The highest BCUT2D eigenvalue weighted by molar-refractivity contribution is 5.93. The minimum absolute atomic E-state index is 0.112. The van der Waals surface area contributed by atoms with Crippen molar-refractivity contribution in [2.45, 2.75) is 33.2 Å². The van der Waals surface area contributed by atoms with Gasteiger partial charge in [-0.25, -0.2) is 4.79 Å². The molecular formula is C13H21NO4. The van der Waals surface area contributed by atoms with Gasteiger partial charge in [-0.2, -0.15) is 0 Å². The molecule has 5 nitrogen and oxygen atoms in total. The third-order valence-corrected chi connectivity index (χ3v) is 2.79. The van der Waals surface area contributed by atoms with Crippen LogP contribution in [0.3, 0.4) is 0 Å². The van der Waals surface area contributed by atoms with E-state index in [0.29, 0.717) is 5.57 Å². The zero-order chi connectivity index (χ0) is 14.1. The second kappa shape index (κ2) is 8.47. The highest BCUT2D eigenvalue weighted by Gasteiger charge is 2.17. The van der Waals surface area contributed by atoms with Crippen molar-refractivity contribution in [3.8, 4) is 0 Å². The molecule has 0 aromatic carbocycles. The monoisotopic (exact) mass is 255 g/mol. The molecule has 0 heterocycles. The van der Waals surface area contributed by atoms with Gasteiger partial charge in [0.05, 0.1) is 12.6 Å². The van der Waals surface area contributed by atoms with Gasteiger partial charge in [-0.05, 0) is 12.8 Å². The van der Waals surface area contributed by atoms with Crippen LogP contribution in [0.1, 0.15) is 27.2 Å². The molecule has 0 aromatic rings. The third-order valence-electron chi connectivity index (χ3n) is 2.79. The second-order valence-electron chi connectivity index (χ2n) is 4.20. The van der Waals surface area contributed by atoms with Gasteiger partial charge in [0.1, 0.15) is 0 Å². The van der Waals surface area contributed by atoms with E-state index in [2.05, 4.69) is 5.32 Å². The number of aliphatic carboxylic acids is 1. The number of amides is 1. The van der Waals surface area contributed by atoms with E-state index < -0.39 is 5.97 Å². The van der Waals surface area contributed by atoms with Gasteiger partial charge in [-0.1, -0.05) is 32.4 Å². The fourth-order valence-corrected chi connectivity index (χ4v) is 1.29. The largest absolute Gasteiger partial charge is 0.478 e. The zero-order valence-corrected chi connectivity index (χ0v) is 11.0. The van der Waals surface area contributed by atoms with Crippen molar-refractivity contribution in [2.24, 2.45) is 5.92 Å². The van der Waals surface area contributed by atoms with Crippen molar-refractivity contribution in [3.05, 3.63) is 23.8 Å². The number of carbonyl (C=O) groups is 2. The molecule has 5 heteroatoms. The lowest BCUT2D eigenvalue weighted by Gasteiger charge is -2.22. The minimum Gasteiger partial charge on any atom is -0.478 e. The Labute approximate surface area is 107 Å². The standard InChI is InChI=1S/C13H21NO4/c1-4-9(2)11(8-15)14-13(18)10(3)6-5-7-12(16)17/h5-7,9,11,15H,4,8H2,1-3H3,(H,14,18)(H,16,17)/b7-5+,10-6+. The Morgan fingerprint density at radius 2 is 2.00 bits per heavy atom. The smallest absolute Gasteiger partial charge is 0.328 e. The molecular weight excluding hydrogens is 234 g/mol. The van der Waals surface area contributed by atoms with Crippen LogP contribution in [0.15, 0.2) is 23.8 Å². The van der Waals surface area contributed by atoms with Crippen molar-refractivity contribution >= 4 is 11.9 Å². The molecule has 2 unspecified atom stereocenters. The maximum absolute atomic E-state index is 11.7. The Morgan fingerprint density at radius 1 is 1.39 bits per heavy atom. The number of aliphatic hydroxyl groups excluding tert-OH is 1. The Hall–Kier alpha value is -1.62. The lowest BCUT2D eigenvalue weighted by Crippen LogP contribution is -2.42. The summed E-state index contributed by atoms with van der Waals surface area (Å²) in [5.41, 5.74) is 0.397. The molecule has 3 N–H and O–H groups in total. The third kappa shape index (κ3) is 6.20. The maximum atomic E-state index is 11.7. The van der Waals surface area contributed by atoms with Crippen LogP contribution < -0.4 is 5.32 Å². The molecule has 0 saturated heterocycles. The lowest BCUT2D eigenvalue weighted by atomic mass is 9.99. The summed E-state index contributed by atoms with van der Waals surface area (Å²) in [5, 5.41) is 20.3. The fourth-order valence-electron chi connectivity index (χ4n) is 1.29. The van der Waals surface area contributed by atoms with Crippen molar-refractivity contribution < 1.29 is 19.8 Å². The number of nitrogens with one attached hydrogen (secondary N) is 1. The van der Waals surface area contributed by atoms with E-state index in [1.807, 2.05) is 13.8 Å². The molecule has 0 saturated carbocycles. The second-order valence-corrected chi connectivity index (χ2v) is 4.20. The van der Waals surface area contributed by atoms with Gasteiger partial charge >= 0.3 is 5.97 Å². The van der Waals surface area contributed by atoms with Crippen LogP contribution in [0.4, 0.5) is 0 Å². The fraction of sp³-hybridized carbons (Fsp3) is 0.538. The predicted molar refractivity (Wildman–Crippen MR) is 69.0 cm³/mol.